The van der Waals surface area contributed by atoms with Crippen molar-refractivity contribution in [3.63, 3.8) is 0 Å². The zero-order chi connectivity index (χ0) is 18.6. The Morgan fingerprint density at radius 2 is 1.52 bits per heavy atom. The van der Waals surface area contributed by atoms with Crippen LogP contribution in [-0.4, -0.2) is 18.4 Å². The van der Waals surface area contributed by atoms with E-state index in [2.05, 4.69) is 10.6 Å². The molecule has 2 rings (SSSR count). The molecule has 0 spiro atoms. The molecule has 5 heteroatoms. The maximum Gasteiger partial charge on any atom is 0.243 e. The molecule has 0 bridgehead atoms. The normalized spacial score (nSPS) is 11.7. The standard InChI is InChI=1S/C20H25N3O2/c1-12-5-7-16(8-6-12)18(21)20(25)22-11-17(24)23-19-14(3)9-13(2)10-15(19)4/h5-10,18H,11,21H2,1-4H3,(H,22,25)(H,23,24). The van der Waals surface area contributed by atoms with E-state index in [0.717, 1.165) is 27.9 Å². The molecule has 0 saturated heterocycles. The highest BCUT2D eigenvalue weighted by molar-refractivity contribution is 5.96. The van der Waals surface area contributed by atoms with Crippen LogP contribution in [0.25, 0.3) is 0 Å². The lowest BCUT2D eigenvalue weighted by atomic mass is 10.0. The minimum Gasteiger partial charge on any atom is -0.345 e. The van der Waals surface area contributed by atoms with Crippen molar-refractivity contribution >= 4 is 17.5 Å². The lowest BCUT2D eigenvalue weighted by molar-refractivity contribution is -0.125. The summed E-state index contributed by atoms with van der Waals surface area (Å²) >= 11 is 0. The molecule has 0 radical (unpaired) electrons. The summed E-state index contributed by atoms with van der Waals surface area (Å²) in [6.07, 6.45) is 0. The van der Waals surface area contributed by atoms with Gasteiger partial charge in [-0.1, -0.05) is 47.5 Å². The largest absolute Gasteiger partial charge is 0.345 e. The number of carbonyl (C=O) groups is 2. The molecule has 0 aliphatic heterocycles. The molecule has 2 aromatic carbocycles. The van der Waals surface area contributed by atoms with Crippen LogP contribution >= 0.6 is 0 Å². The highest BCUT2D eigenvalue weighted by atomic mass is 16.2. The number of hydrogen-bond acceptors (Lipinski definition) is 3. The number of aryl methyl sites for hydroxylation is 4. The third-order valence-electron chi connectivity index (χ3n) is 4.08. The first kappa shape index (κ1) is 18.7. The Labute approximate surface area is 148 Å². The predicted octanol–water partition coefficient (Wildman–Crippen LogP) is 2.67. The van der Waals surface area contributed by atoms with Gasteiger partial charge in [0, 0.05) is 5.69 Å². The molecule has 2 amide bonds. The molecule has 0 aliphatic rings. The minimum absolute atomic E-state index is 0.120. The van der Waals surface area contributed by atoms with Crippen LogP contribution in [0, 0.1) is 27.7 Å². The second-order valence-electron chi connectivity index (χ2n) is 6.43. The van der Waals surface area contributed by atoms with Crippen LogP contribution in [0.5, 0.6) is 0 Å². The number of nitrogens with two attached hydrogens (primary N) is 1. The van der Waals surface area contributed by atoms with Crippen LogP contribution in [0.4, 0.5) is 5.69 Å². The number of rotatable bonds is 5. The molecule has 4 N–H and O–H groups in total. The van der Waals surface area contributed by atoms with E-state index in [1.807, 2.05) is 64.1 Å². The number of nitrogens with one attached hydrogen (secondary N) is 2. The number of anilines is 1. The van der Waals surface area contributed by atoms with Gasteiger partial charge in [0.05, 0.1) is 6.54 Å². The lowest BCUT2D eigenvalue weighted by Gasteiger charge is -2.15. The van der Waals surface area contributed by atoms with Crippen molar-refractivity contribution in [1.82, 2.24) is 5.32 Å². The van der Waals surface area contributed by atoms with E-state index in [0.29, 0.717) is 5.56 Å². The van der Waals surface area contributed by atoms with Gasteiger partial charge in [0.1, 0.15) is 6.04 Å². The van der Waals surface area contributed by atoms with Gasteiger partial charge in [-0.2, -0.15) is 0 Å². The molecular formula is C20H25N3O2. The maximum atomic E-state index is 12.1. The summed E-state index contributed by atoms with van der Waals surface area (Å²) in [7, 11) is 0. The number of hydrogen-bond donors (Lipinski definition) is 3. The first-order valence-corrected chi connectivity index (χ1v) is 8.25. The third-order valence-corrected chi connectivity index (χ3v) is 4.08. The quantitative estimate of drug-likeness (QED) is 0.783. The second kappa shape index (κ2) is 7.94. The third kappa shape index (κ3) is 4.90. The fourth-order valence-corrected chi connectivity index (χ4v) is 2.76. The predicted molar refractivity (Wildman–Crippen MR) is 100 cm³/mol. The van der Waals surface area contributed by atoms with Gasteiger partial charge < -0.3 is 16.4 Å². The molecule has 0 saturated carbocycles. The summed E-state index contributed by atoms with van der Waals surface area (Å²) in [6, 6.07) is 10.7. The van der Waals surface area contributed by atoms with Gasteiger partial charge in [-0.3, -0.25) is 9.59 Å². The molecule has 0 aromatic heterocycles. The lowest BCUT2D eigenvalue weighted by Crippen LogP contribution is -2.39. The SMILES string of the molecule is Cc1ccc(C(N)C(=O)NCC(=O)Nc2c(C)cc(C)cc2C)cc1. The molecule has 2 aromatic rings. The van der Waals surface area contributed by atoms with Crippen molar-refractivity contribution in [3.8, 4) is 0 Å². The van der Waals surface area contributed by atoms with Crippen molar-refractivity contribution in [3.05, 3.63) is 64.2 Å². The van der Waals surface area contributed by atoms with Gasteiger partial charge in [0.2, 0.25) is 11.8 Å². The summed E-state index contributed by atoms with van der Waals surface area (Å²) in [5.41, 5.74) is 11.7. The number of amides is 2. The molecule has 132 valence electrons. The van der Waals surface area contributed by atoms with Gasteiger partial charge in [0.15, 0.2) is 0 Å². The van der Waals surface area contributed by atoms with E-state index in [1.165, 1.54) is 0 Å². The molecule has 0 heterocycles. The smallest absolute Gasteiger partial charge is 0.243 e. The molecule has 1 unspecified atom stereocenters. The maximum absolute atomic E-state index is 12.1. The minimum atomic E-state index is -0.795. The Morgan fingerprint density at radius 1 is 0.960 bits per heavy atom. The van der Waals surface area contributed by atoms with E-state index in [9.17, 15) is 9.59 Å². The van der Waals surface area contributed by atoms with Gasteiger partial charge in [-0.05, 0) is 44.4 Å². The van der Waals surface area contributed by atoms with Crippen molar-refractivity contribution in [2.75, 3.05) is 11.9 Å². The molecule has 0 fully saturated rings. The summed E-state index contributed by atoms with van der Waals surface area (Å²) < 4.78 is 0. The molecular weight excluding hydrogens is 314 g/mol. The van der Waals surface area contributed by atoms with Crippen LogP contribution in [0.2, 0.25) is 0 Å². The van der Waals surface area contributed by atoms with Crippen LogP contribution < -0.4 is 16.4 Å². The Bertz CT molecular complexity index is 759. The van der Waals surface area contributed by atoms with Crippen molar-refractivity contribution in [1.29, 1.82) is 0 Å². The highest BCUT2D eigenvalue weighted by Crippen LogP contribution is 2.21. The van der Waals surface area contributed by atoms with E-state index in [1.54, 1.807) is 0 Å². The summed E-state index contributed by atoms with van der Waals surface area (Å²) in [5, 5.41) is 5.44. The summed E-state index contributed by atoms with van der Waals surface area (Å²) in [4.78, 5) is 24.3. The van der Waals surface area contributed by atoms with Crippen molar-refractivity contribution in [2.45, 2.75) is 33.7 Å². The van der Waals surface area contributed by atoms with Crippen molar-refractivity contribution in [2.24, 2.45) is 5.73 Å². The van der Waals surface area contributed by atoms with Crippen LogP contribution in [-0.2, 0) is 9.59 Å². The molecule has 25 heavy (non-hydrogen) atoms. The van der Waals surface area contributed by atoms with E-state index >= 15 is 0 Å². The van der Waals surface area contributed by atoms with Gasteiger partial charge in [-0.25, -0.2) is 0 Å². The highest BCUT2D eigenvalue weighted by Gasteiger charge is 2.17. The zero-order valence-corrected chi connectivity index (χ0v) is 15.1. The van der Waals surface area contributed by atoms with Gasteiger partial charge in [0.25, 0.3) is 0 Å². The van der Waals surface area contributed by atoms with E-state index < -0.39 is 6.04 Å². The van der Waals surface area contributed by atoms with E-state index in [4.69, 9.17) is 5.73 Å². The second-order valence-corrected chi connectivity index (χ2v) is 6.43. The van der Waals surface area contributed by atoms with Crippen molar-refractivity contribution < 1.29 is 9.59 Å². The topological polar surface area (TPSA) is 84.2 Å². The number of carbonyl (C=O) groups excluding carboxylic acids is 2. The molecule has 0 aliphatic carbocycles. The first-order chi connectivity index (χ1) is 11.8. The Balaban J connectivity index is 1.93. The van der Waals surface area contributed by atoms with Gasteiger partial charge in [-0.15, -0.1) is 0 Å². The summed E-state index contributed by atoms with van der Waals surface area (Å²) in [5.74, 6) is -0.657. The van der Waals surface area contributed by atoms with E-state index in [-0.39, 0.29) is 18.4 Å². The van der Waals surface area contributed by atoms with Crippen LogP contribution in [0.3, 0.4) is 0 Å². The average molecular weight is 339 g/mol. The molecule has 1 atom stereocenters. The fourth-order valence-electron chi connectivity index (χ4n) is 2.76. The molecule has 5 nitrogen and oxygen atoms in total. The Kier molecular flexibility index (Phi) is 5.93. The monoisotopic (exact) mass is 339 g/mol. The van der Waals surface area contributed by atoms with Crippen LogP contribution in [0.15, 0.2) is 36.4 Å². The Hall–Kier alpha value is -2.66. The Morgan fingerprint density at radius 3 is 2.08 bits per heavy atom. The summed E-state index contributed by atoms with van der Waals surface area (Å²) in [6.45, 7) is 7.75. The number of benzene rings is 2. The van der Waals surface area contributed by atoms with Gasteiger partial charge >= 0.3 is 0 Å². The fraction of sp³-hybridized carbons (Fsp3) is 0.300. The zero-order valence-electron chi connectivity index (χ0n) is 15.1. The van der Waals surface area contributed by atoms with Crippen LogP contribution in [0.1, 0.15) is 33.9 Å². The first-order valence-electron chi connectivity index (χ1n) is 8.25. The average Bonchev–Trinajstić information content (AvgIpc) is 2.56.